The van der Waals surface area contributed by atoms with Gasteiger partial charge in [0.1, 0.15) is 8.64 Å². The van der Waals surface area contributed by atoms with Crippen LogP contribution in [0.5, 0.6) is 0 Å². The van der Waals surface area contributed by atoms with E-state index in [0.29, 0.717) is 11.4 Å². The number of nitrogens with zero attached hydrogens (tertiary/aromatic N) is 4. The van der Waals surface area contributed by atoms with E-state index >= 15 is 0 Å². The second-order valence-corrected chi connectivity index (χ2v) is 12.1. The highest BCUT2D eigenvalue weighted by Gasteiger charge is 2.42. The molecule has 0 atom stereocenters. The average Bonchev–Trinajstić information content (AvgIpc) is 3.44. The second kappa shape index (κ2) is 14.2. The third-order valence-electron chi connectivity index (χ3n) is 5.88. The Balaban J connectivity index is 1.26. The molecule has 16 nitrogen and oxygen atoms in total. The van der Waals surface area contributed by atoms with Gasteiger partial charge in [-0.2, -0.15) is 0 Å². The molecule has 4 rings (SSSR count). The maximum Gasteiger partial charge on any atom is 0.269 e. The van der Waals surface area contributed by atoms with Gasteiger partial charge in [0.05, 0.1) is 31.0 Å². The number of nitro benzene ring substituents is 2. The lowest BCUT2D eigenvalue weighted by atomic mass is 10.3. The summed E-state index contributed by atoms with van der Waals surface area (Å²) in [6.45, 7) is -0.131. The maximum atomic E-state index is 13.1. The Morgan fingerprint density at radius 3 is 1.34 bits per heavy atom. The zero-order chi connectivity index (χ0) is 32.0. The summed E-state index contributed by atoms with van der Waals surface area (Å²) in [6.07, 6.45) is -0.270. The second-order valence-electron chi connectivity index (χ2n) is 8.76. The summed E-state index contributed by atoms with van der Waals surface area (Å²) in [6, 6.07) is 10.8. The van der Waals surface area contributed by atoms with Gasteiger partial charge < -0.3 is 0 Å². The smallest absolute Gasteiger partial charge is 0.269 e. The highest BCUT2D eigenvalue weighted by Crippen LogP contribution is 2.42. The lowest BCUT2D eigenvalue weighted by molar-refractivity contribution is -0.385. The summed E-state index contributed by atoms with van der Waals surface area (Å²) in [4.78, 5) is 73.8. The van der Waals surface area contributed by atoms with Crippen LogP contribution in [0.3, 0.4) is 0 Å². The van der Waals surface area contributed by atoms with Crippen molar-refractivity contribution >= 4 is 103 Å². The van der Waals surface area contributed by atoms with Gasteiger partial charge in [-0.05, 0) is 24.3 Å². The summed E-state index contributed by atoms with van der Waals surface area (Å²) in [5, 5.41) is 21.5. The first kappa shape index (κ1) is 32.3. The molecule has 0 unspecified atom stereocenters. The van der Waals surface area contributed by atoms with Crippen molar-refractivity contribution in [2.24, 2.45) is 0 Å². The molecule has 0 saturated carbocycles. The minimum absolute atomic E-state index is 0.0653. The predicted octanol–water partition coefficient (Wildman–Crippen LogP) is 2.80. The fourth-order valence-corrected chi connectivity index (χ4v) is 6.40. The molecule has 2 aliphatic heterocycles. The van der Waals surface area contributed by atoms with Crippen LogP contribution >= 0.6 is 48.0 Å². The van der Waals surface area contributed by atoms with E-state index in [9.17, 15) is 39.4 Å². The van der Waals surface area contributed by atoms with Gasteiger partial charge >= 0.3 is 0 Å². The van der Waals surface area contributed by atoms with Crippen LogP contribution in [0.1, 0.15) is 12.8 Å². The largest absolute Gasteiger partial charge is 0.299 e. The molecule has 4 N–H and O–H groups in total. The molecular weight excluding hydrogens is 657 g/mol. The number of hydrogen-bond donors (Lipinski definition) is 4. The topological polar surface area (TPSA) is 209 Å². The molecule has 20 heteroatoms. The number of amides is 4. The molecule has 44 heavy (non-hydrogen) atoms. The van der Waals surface area contributed by atoms with Crippen LogP contribution in [0.25, 0.3) is 0 Å². The number of benzene rings is 2. The first-order chi connectivity index (χ1) is 20.9. The number of anilines is 2. The Kier molecular flexibility index (Phi) is 10.4. The van der Waals surface area contributed by atoms with E-state index in [1.807, 2.05) is 0 Å². The monoisotopic (exact) mass is 676 g/mol. The van der Waals surface area contributed by atoms with E-state index in [1.54, 1.807) is 0 Å². The Morgan fingerprint density at radius 1 is 0.682 bits per heavy atom. The number of thiocarbonyl (C=S) groups is 2. The number of carbonyl (C=O) groups excluding carboxylic acids is 4. The molecular formula is C24H20N8O8S4. The Hall–Kier alpha value is -4.66. The first-order valence-corrected chi connectivity index (χ1v) is 14.8. The van der Waals surface area contributed by atoms with Crippen molar-refractivity contribution in [2.45, 2.75) is 12.8 Å². The average molecular weight is 677 g/mol. The van der Waals surface area contributed by atoms with Gasteiger partial charge in [-0.3, -0.25) is 70.9 Å². The number of nitrogens with one attached hydrogen (secondary N) is 4. The van der Waals surface area contributed by atoms with Crippen molar-refractivity contribution in [3.63, 3.8) is 0 Å². The van der Waals surface area contributed by atoms with Gasteiger partial charge in [-0.25, -0.2) is 0 Å². The summed E-state index contributed by atoms with van der Waals surface area (Å²) >= 11 is 12.4. The fraction of sp³-hybridized carbons (Fsp3) is 0.167. The predicted molar refractivity (Wildman–Crippen MR) is 170 cm³/mol. The number of rotatable bonds is 12. The lowest BCUT2D eigenvalue weighted by Crippen LogP contribution is -2.36. The van der Waals surface area contributed by atoms with Gasteiger partial charge in [-0.1, -0.05) is 48.0 Å². The highest BCUT2D eigenvalue weighted by atomic mass is 32.2. The first-order valence-electron chi connectivity index (χ1n) is 12.3. The molecule has 0 spiro atoms. The minimum Gasteiger partial charge on any atom is -0.299 e. The van der Waals surface area contributed by atoms with E-state index < -0.39 is 33.5 Å². The molecule has 2 saturated heterocycles. The number of thioether (sulfide) groups is 2. The molecule has 0 bridgehead atoms. The van der Waals surface area contributed by atoms with Crippen molar-refractivity contribution in [1.82, 2.24) is 20.7 Å². The van der Waals surface area contributed by atoms with Gasteiger partial charge in [0.15, 0.2) is 0 Å². The standard InChI is InChI=1S/C24H20N8O8S4/c33-17(27-25-13-1-5-15(6-2-13)31(37)38)9-11-29-21(35)19(43-23(29)41)20-22(36)30(24(42)44-20)12-10-18(34)28-26-14-3-7-16(8-4-14)32(39)40/h1-8,25-26H,9-12H2,(H,27,33)(H,28,34). The van der Waals surface area contributed by atoms with Crippen LogP contribution < -0.4 is 21.7 Å². The quantitative estimate of drug-likeness (QED) is 0.110. The van der Waals surface area contributed by atoms with Gasteiger partial charge in [0.25, 0.3) is 23.2 Å². The number of non-ortho nitro benzene ring substituents is 2. The van der Waals surface area contributed by atoms with Crippen molar-refractivity contribution < 1.29 is 29.0 Å². The fourth-order valence-electron chi connectivity index (χ4n) is 3.62. The van der Waals surface area contributed by atoms with E-state index in [1.165, 1.54) is 58.3 Å². The summed E-state index contributed by atoms with van der Waals surface area (Å²) < 4.78 is 0.311. The summed E-state index contributed by atoms with van der Waals surface area (Å²) in [5.41, 5.74) is 10.7. The molecule has 0 radical (unpaired) electrons. The molecule has 2 aromatic carbocycles. The number of hydrazine groups is 2. The Morgan fingerprint density at radius 2 is 1.02 bits per heavy atom. The minimum atomic E-state index is -0.554. The molecule has 2 aromatic rings. The SMILES string of the molecule is O=C(CCN1C(=O)C(=C2SC(=S)N(CCC(=O)NNc3ccc([N+](=O)[O-])cc3)C2=O)SC1=S)NNc1ccc([N+](=O)[O-])cc1. The van der Waals surface area contributed by atoms with E-state index in [0.717, 1.165) is 23.5 Å². The van der Waals surface area contributed by atoms with E-state index in [-0.39, 0.29) is 55.8 Å². The number of hydrogen-bond acceptors (Lipinski definition) is 14. The van der Waals surface area contributed by atoms with Gasteiger partial charge in [0, 0.05) is 50.2 Å². The van der Waals surface area contributed by atoms with Crippen LogP contribution in [0, 0.1) is 20.2 Å². The summed E-state index contributed by atoms with van der Waals surface area (Å²) in [5.74, 6) is -2.07. The molecule has 2 heterocycles. The van der Waals surface area contributed by atoms with Crippen molar-refractivity contribution in [2.75, 3.05) is 23.9 Å². The number of nitro groups is 2. The zero-order valence-electron chi connectivity index (χ0n) is 22.1. The maximum absolute atomic E-state index is 13.1. The third kappa shape index (κ3) is 7.83. The zero-order valence-corrected chi connectivity index (χ0v) is 25.4. The lowest BCUT2D eigenvalue weighted by Gasteiger charge is -2.15. The molecule has 228 valence electrons. The van der Waals surface area contributed by atoms with Crippen LogP contribution in [-0.2, 0) is 19.2 Å². The molecule has 4 amide bonds. The van der Waals surface area contributed by atoms with Crippen molar-refractivity contribution in [1.29, 1.82) is 0 Å². The molecule has 0 aliphatic carbocycles. The molecule has 2 fully saturated rings. The normalized spacial score (nSPS) is 16.3. The Bertz CT molecular complexity index is 1480. The van der Waals surface area contributed by atoms with Crippen LogP contribution in [-0.4, -0.2) is 65.0 Å². The van der Waals surface area contributed by atoms with Crippen LogP contribution in [0.15, 0.2) is 58.3 Å². The van der Waals surface area contributed by atoms with Crippen molar-refractivity contribution in [3.05, 3.63) is 78.6 Å². The van der Waals surface area contributed by atoms with E-state index in [4.69, 9.17) is 24.4 Å². The summed E-state index contributed by atoms with van der Waals surface area (Å²) in [7, 11) is 0. The highest BCUT2D eigenvalue weighted by molar-refractivity contribution is 8.29. The van der Waals surface area contributed by atoms with Crippen LogP contribution in [0.4, 0.5) is 22.7 Å². The number of carbonyl (C=O) groups is 4. The molecule has 2 aliphatic rings. The Labute approximate surface area is 267 Å². The van der Waals surface area contributed by atoms with E-state index in [2.05, 4.69) is 21.7 Å². The third-order valence-corrected chi connectivity index (χ3v) is 8.90. The van der Waals surface area contributed by atoms with Gasteiger partial charge in [0.2, 0.25) is 11.8 Å². The van der Waals surface area contributed by atoms with Crippen LogP contribution in [0.2, 0.25) is 0 Å². The van der Waals surface area contributed by atoms with Crippen molar-refractivity contribution in [3.8, 4) is 0 Å². The molecule has 0 aromatic heterocycles. The van der Waals surface area contributed by atoms with Gasteiger partial charge in [-0.15, -0.1) is 0 Å².